The predicted octanol–water partition coefficient (Wildman–Crippen LogP) is 1.63. The Labute approximate surface area is 140 Å². The van der Waals surface area contributed by atoms with Gasteiger partial charge in [0.15, 0.2) is 0 Å². The number of pyridine rings is 1. The second-order valence-electron chi connectivity index (χ2n) is 5.89. The number of rotatable bonds is 8. The Morgan fingerprint density at radius 1 is 1.45 bits per heavy atom. The van der Waals surface area contributed by atoms with E-state index >= 15 is 0 Å². The summed E-state index contributed by atoms with van der Waals surface area (Å²) in [6, 6.07) is 4.29. The highest BCUT2D eigenvalue weighted by atomic mass is 35.5. The molecule has 0 amide bonds. The van der Waals surface area contributed by atoms with E-state index in [0.29, 0.717) is 0 Å². The number of likely N-dealkylation sites (N-methyl/N-ethyl adjacent to an activating group) is 1. The lowest BCUT2D eigenvalue weighted by Gasteiger charge is -2.19. The van der Waals surface area contributed by atoms with Gasteiger partial charge >= 0.3 is 0 Å². The summed E-state index contributed by atoms with van der Waals surface area (Å²) in [6.07, 6.45) is 3.30. The maximum absolute atomic E-state index is 5.10. The third-order valence-corrected chi connectivity index (χ3v) is 4.10. The van der Waals surface area contributed by atoms with E-state index in [2.05, 4.69) is 32.2 Å². The molecule has 1 unspecified atom stereocenters. The Kier molecular flexibility index (Phi) is 8.71. The predicted molar refractivity (Wildman–Crippen MR) is 93.9 cm³/mol. The first kappa shape index (κ1) is 19.2. The fourth-order valence-corrected chi connectivity index (χ4v) is 2.85. The smallest absolute Gasteiger partial charge is 0.128 e. The van der Waals surface area contributed by atoms with Gasteiger partial charge in [0.1, 0.15) is 5.82 Å². The van der Waals surface area contributed by atoms with Crippen LogP contribution in [0, 0.1) is 5.92 Å². The average molecular weight is 329 g/mol. The molecule has 1 atom stereocenters. The number of ether oxygens (including phenoxy) is 1. The van der Waals surface area contributed by atoms with E-state index in [4.69, 9.17) is 4.74 Å². The van der Waals surface area contributed by atoms with E-state index < -0.39 is 0 Å². The van der Waals surface area contributed by atoms with Gasteiger partial charge in [-0.15, -0.1) is 12.4 Å². The van der Waals surface area contributed by atoms with E-state index in [-0.39, 0.29) is 12.4 Å². The van der Waals surface area contributed by atoms with Crippen LogP contribution in [0.15, 0.2) is 18.3 Å². The zero-order valence-electron chi connectivity index (χ0n) is 13.9. The summed E-state index contributed by atoms with van der Waals surface area (Å²) in [6.45, 7) is 6.10. The fraction of sp³-hybridized carbons (Fsp3) is 0.688. The third-order valence-electron chi connectivity index (χ3n) is 4.10. The molecular formula is C16H29ClN4O. The highest BCUT2D eigenvalue weighted by molar-refractivity contribution is 5.85. The van der Waals surface area contributed by atoms with Crippen molar-refractivity contribution >= 4 is 18.2 Å². The Bertz CT molecular complexity index is 415. The highest BCUT2D eigenvalue weighted by Crippen LogP contribution is 2.18. The Morgan fingerprint density at radius 3 is 2.91 bits per heavy atom. The molecule has 1 fully saturated rings. The van der Waals surface area contributed by atoms with Crippen LogP contribution in [0.4, 0.5) is 5.82 Å². The van der Waals surface area contributed by atoms with Gasteiger partial charge < -0.3 is 15.0 Å². The van der Waals surface area contributed by atoms with Crippen molar-refractivity contribution in [2.75, 3.05) is 58.9 Å². The molecule has 6 heteroatoms. The quantitative estimate of drug-likeness (QED) is 0.785. The normalized spacial score (nSPS) is 18.2. The van der Waals surface area contributed by atoms with Crippen molar-refractivity contribution in [3.05, 3.63) is 23.9 Å². The van der Waals surface area contributed by atoms with Gasteiger partial charge in [0, 0.05) is 40.0 Å². The van der Waals surface area contributed by atoms with Crippen molar-refractivity contribution < 1.29 is 4.74 Å². The van der Waals surface area contributed by atoms with Crippen LogP contribution in [0.3, 0.4) is 0 Å². The molecule has 0 spiro atoms. The number of methoxy groups -OCH3 is 1. The summed E-state index contributed by atoms with van der Waals surface area (Å²) in [5, 5.41) is 3.28. The molecule has 0 radical (unpaired) electrons. The van der Waals surface area contributed by atoms with E-state index in [1.165, 1.54) is 25.1 Å². The number of nitrogens with zero attached hydrogens (tertiary/aromatic N) is 3. The minimum absolute atomic E-state index is 0. The van der Waals surface area contributed by atoms with Crippen molar-refractivity contribution in [3.63, 3.8) is 0 Å². The molecule has 0 aromatic carbocycles. The number of nitrogens with one attached hydrogen (secondary N) is 1. The number of anilines is 1. The summed E-state index contributed by atoms with van der Waals surface area (Å²) in [7, 11) is 5.80. The SMILES string of the molecule is CNCC1CCN(Cc2ccc(N(C)CCOC)nc2)C1.Cl. The largest absolute Gasteiger partial charge is 0.383 e. The van der Waals surface area contributed by atoms with E-state index in [9.17, 15) is 0 Å². The third kappa shape index (κ3) is 5.72. The molecule has 5 nitrogen and oxygen atoms in total. The Morgan fingerprint density at radius 2 is 2.27 bits per heavy atom. The number of hydrogen-bond acceptors (Lipinski definition) is 5. The van der Waals surface area contributed by atoms with Crippen LogP contribution in [-0.4, -0.2) is 63.9 Å². The van der Waals surface area contributed by atoms with Crippen LogP contribution in [-0.2, 0) is 11.3 Å². The van der Waals surface area contributed by atoms with Crippen LogP contribution in [0.2, 0.25) is 0 Å². The summed E-state index contributed by atoms with van der Waals surface area (Å²) in [5.41, 5.74) is 1.30. The molecule has 1 aliphatic rings. The zero-order valence-corrected chi connectivity index (χ0v) is 14.7. The van der Waals surface area contributed by atoms with Crippen molar-refractivity contribution in [2.24, 2.45) is 5.92 Å². The second-order valence-corrected chi connectivity index (χ2v) is 5.89. The molecule has 2 heterocycles. The number of halogens is 1. The molecule has 22 heavy (non-hydrogen) atoms. The second kappa shape index (κ2) is 10.0. The van der Waals surface area contributed by atoms with Gasteiger partial charge in [0.25, 0.3) is 0 Å². The summed E-state index contributed by atoms with van der Waals surface area (Å²) in [4.78, 5) is 9.20. The average Bonchev–Trinajstić information content (AvgIpc) is 2.93. The molecular weight excluding hydrogens is 300 g/mol. The maximum atomic E-state index is 5.10. The maximum Gasteiger partial charge on any atom is 0.128 e. The minimum atomic E-state index is 0. The number of likely N-dealkylation sites (tertiary alicyclic amines) is 1. The first-order valence-corrected chi connectivity index (χ1v) is 7.75. The molecule has 1 aromatic rings. The highest BCUT2D eigenvalue weighted by Gasteiger charge is 2.21. The van der Waals surface area contributed by atoms with Gasteiger partial charge in [0.05, 0.1) is 6.61 Å². The molecule has 126 valence electrons. The van der Waals surface area contributed by atoms with Gasteiger partial charge in [-0.3, -0.25) is 4.90 Å². The monoisotopic (exact) mass is 328 g/mol. The van der Waals surface area contributed by atoms with Gasteiger partial charge in [0.2, 0.25) is 0 Å². The van der Waals surface area contributed by atoms with Crippen molar-refractivity contribution in [1.82, 2.24) is 15.2 Å². The fourth-order valence-electron chi connectivity index (χ4n) is 2.85. The van der Waals surface area contributed by atoms with Crippen LogP contribution in [0.1, 0.15) is 12.0 Å². The van der Waals surface area contributed by atoms with E-state index in [1.54, 1.807) is 7.11 Å². The molecule has 0 bridgehead atoms. The topological polar surface area (TPSA) is 40.6 Å². The Balaban J connectivity index is 0.00000242. The van der Waals surface area contributed by atoms with Gasteiger partial charge in [-0.2, -0.15) is 0 Å². The molecule has 1 saturated heterocycles. The molecule has 1 aliphatic heterocycles. The summed E-state index contributed by atoms with van der Waals surface area (Å²) in [5.74, 6) is 1.80. The molecule has 1 aromatic heterocycles. The summed E-state index contributed by atoms with van der Waals surface area (Å²) < 4.78 is 5.10. The van der Waals surface area contributed by atoms with Crippen molar-refractivity contribution in [2.45, 2.75) is 13.0 Å². The van der Waals surface area contributed by atoms with Gasteiger partial charge in [-0.1, -0.05) is 6.07 Å². The summed E-state index contributed by atoms with van der Waals surface area (Å²) >= 11 is 0. The minimum Gasteiger partial charge on any atom is -0.383 e. The first-order valence-electron chi connectivity index (χ1n) is 7.75. The lowest BCUT2D eigenvalue weighted by atomic mass is 10.1. The van der Waals surface area contributed by atoms with Crippen molar-refractivity contribution in [1.29, 1.82) is 0 Å². The Hall–Kier alpha value is -0.880. The zero-order chi connectivity index (χ0) is 15.1. The molecule has 0 saturated carbocycles. The molecule has 2 rings (SSSR count). The van der Waals surface area contributed by atoms with Crippen molar-refractivity contribution in [3.8, 4) is 0 Å². The van der Waals surface area contributed by atoms with Crippen LogP contribution < -0.4 is 10.2 Å². The first-order chi connectivity index (χ1) is 10.2. The van der Waals surface area contributed by atoms with Crippen LogP contribution in [0.25, 0.3) is 0 Å². The van der Waals surface area contributed by atoms with Crippen LogP contribution >= 0.6 is 12.4 Å². The molecule has 1 N–H and O–H groups in total. The van der Waals surface area contributed by atoms with E-state index in [0.717, 1.165) is 38.0 Å². The van der Waals surface area contributed by atoms with Gasteiger partial charge in [-0.25, -0.2) is 4.98 Å². The lowest BCUT2D eigenvalue weighted by molar-refractivity contribution is 0.206. The van der Waals surface area contributed by atoms with Gasteiger partial charge in [-0.05, 0) is 44.1 Å². The molecule has 0 aliphatic carbocycles. The number of hydrogen-bond donors (Lipinski definition) is 1. The standard InChI is InChI=1S/C16H28N4O.ClH/c1-17-10-15-6-7-20(13-15)12-14-4-5-16(18-11-14)19(2)8-9-21-3;/h4-5,11,15,17H,6-10,12-13H2,1-3H3;1H. The van der Waals surface area contributed by atoms with E-state index in [1.807, 2.05) is 20.3 Å². The number of aromatic nitrogens is 1. The van der Waals surface area contributed by atoms with Crippen LogP contribution in [0.5, 0.6) is 0 Å². The lowest BCUT2D eigenvalue weighted by Crippen LogP contribution is -2.25.